The topological polar surface area (TPSA) is 49.7 Å². The summed E-state index contributed by atoms with van der Waals surface area (Å²) in [5.74, 6) is 1.22. The van der Waals surface area contributed by atoms with Gasteiger partial charge in [-0.05, 0) is 19.9 Å². The van der Waals surface area contributed by atoms with Gasteiger partial charge in [-0.3, -0.25) is 4.79 Å². The largest absolute Gasteiger partial charge is 0.496 e. The first kappa shape index (κ1) is 14.2. The van der Waals surface area contributed by atoms with Gasteiger partial charge in [0.15, 0.2) is 0 Å². The minimum absolute atomic E-state index is 0.168. The fourth-order valence-corrected chi connectivity index (χ4v) is 2.46. The summed E-state index contributed by atoms with van der Waals surface area (Å²) >= 11 is 0. The summed E-state index contributed by atoms with van der Waals surface area (Å²) in [5.41, 5.74) is 2.81. The van der Waals surface area contributed by atoms with Crippen LogP contribution in [0.2, 0.25) is 0 Å². The number of fused-ring (bicyclic) bond motifs is 1. The number of aryl methyl sites for hydroxylation is 1. The third-order valence-electron chi connectivity index (χ3n) is 3.51. The van der Waals surface area contributed by atoms with Crippen LogP contribution in [0.4, 0.5) is 0 Å². The van der Waals surface area contributed by atoms with Crippen molar-refractivity contribution in [1.82, 2.24) is 4.57 Å². The Morgan fingerprint density at radius 1 is 1.15 bits per heavy atom. The molecule has 0 aliphatic carbocycles. The van der Waals surface area contributed by atoms with Crippen LogP contribution in [0.1, 0.15) is 11.3 Å². The lowest BCUT2D eigenvalue weighted by atomic mass is 10.1. The molecule has 2 aromatic rings. The Labute approximate surface area is 118 Å². The number of rotatable bonds is 4. The summed E-state index contributed by atoms with van der Waals surface area (Å²) in [4.78, 5) is 11.5. The molecule has 0 atom stereocenters. The number of hydrogen-bond acceptors (Lipinski definition) is 4. The molecule has 0 saturated heterocycles. The molecule has 2 rings (SSSR count). The molecule has 1 aromatic carbocycles. The van der Waals surface area contributed by atoms with Gasteiger partial charge in [-0.25, -0.2) is 0 Å². The summed E-state index contributed by atoms with van der Waals surface area (Å²) in [7, 11) is 4.64. The quantitative estimate of drug-likeness (QED) is 0.805. The van der Waals surface area contributed by atoms with Gasteiger partial charge in [0.1, 0.15) is 18.0 Å². The van der Waals surface area contributed by atoms with E-state index in [4.69, 9.17) is 14.2 Å². The number of esters is 1. The van der Waals surface area contributed by atoms with Crippen molar-refractivity contribution in [2.75, 3.05) is 21.3 Å². The van der Waals surface area contributed by atoms with Gasteiger partial charge in [-0.1, -0.05) is 0 Å². The molecule has 108 valence electrons. The van der Waals surface area contributed by atoms with Crippen molar-refractivity contribution in [1.29, 1.82) is 0 Å². The van der Waals surface area contributed by atoms with E-state index >= 15 is 0 Å². The summed E-state index contributed by atoms with van der Waals surface area (Å²) < 4.78 is 17.5. The second-order valence-corrected chi connectivity index (χ2v) is 4.62. The van der Waals surface area contributed by atoms with Crippen LogP contribution in [0.3, 0.4) is 0 Å². The van der Waals surface area contributed by atoms with Gasteiger partial charge in [-0.15, -0.1) is 0 Å². The van der Waals surface area contributed by atoms with Gasteiger partial charge in [0.25, 0.3) is 0 Å². The van der Waals surface area contributed by atoms with Crippen molar-refractivity contribution in [2.24, 2.45) is 0 Å². The number of aromatic nitrogens is 1. The van der Waals surface area contributed by atoms with Gasteiger partial charge in [0.05, 0.1) is 26.8 Å². The number of nitrogens with zero attached hydrogens (tertiary/aromatic N) is 1. The molecule has 0 unspecified atom stereocenters. The monoisotopic (exact) mass is 277 g/mol. The first-order chi connectivity index (χ1) is 9.53. The SMILES string of the molecule is COC(=O)Cn1c(C)cc2c(OC)c(C)c(OC)cc21. The third kappa shape index (κ3) is 2.19. The molecule has 0 spiro atoms. The maximum Gasteiger partial charge on any atom is 0.325 e. The minimum atomic E-state index is -0.288. The highest BCUT2D eigenvalue weighted by atomic mass is 16.5. The van der Waals surface area contributed by atoms with Crippen molar-refractivity contribution in [2.45, 2.75) is 20.4 Å². The van der Waals surface area contributed by atoms with Crippen LogP contribution in [0.25, 0.3) is 10.9 Å². The van der Waals surface area contributed by atoms with E-state index in [1.54, 1.807) is 14.2 Å². The van der Waals surface area contributed by atoms with Crippen LogP contribution in [0.5, 0.6) is 11.5 Å². The Morgan fingerprint density at radius 2 is 1.85 bits per heavy atom. The Kier molecular flexibility index (Phi) is 3.88. The van der Waals surface area contributed by atoms with Crippen LogP contribution in [-0.4, -0.2) is 31.9 Å². The average molecular weight is 277 g/mol. The summed E-state index contributed by atoms with van der Waals surface area (Å²) in [6.07, 6.45) is 0. The second kappa shape index (κ2) is 5.45. The molecular formula is C15H19NO4. The summed E-state index contributed by atoms with van der Waals surface area (Å²) in [6.45, 7) is 4.06. The molecule has 0 bridgehead atoms. The van der Waals surface area contributed by atoms with Gasteiger partial charge in [0, 0.05) is 22.7 Å². The van der Waals surface area contributed by atoms with Gasteiger partial charge in [-0.2, -0.15) is 0 Å². The lowest BCUT2D eigenvalue weighted by molar-refractivity contribution is -0.141. The maximum atomic E-state index is 11.5. The molecule has 1 heterocycles. The molecule has 0 aliphatic rings. The number of ether oxygens (including phenoxy) is 3. The van der Waals surface area contributed by atoms with Crippen molar-refractivity contribution in [3.63, 3.8) is 0 Å². The molecule has 0 N–H and O–H groups in total. The Morgan fingerprint density at radius 3 is 2.40 bits per heavy atom. The van der Waals surface area contributed by atoms with E-state index in [1.807, 2.05) is 30.5 Å². The summed E-state index contributed by atoms with van der Waals surface area (Å²) in [5, 5.41) is 0.965. The van der Waals surface area contributed by atoms with E-state index in [0.717, 1.165) is 33.7 Å². The van der Waals surface area contributed by atoms with Crippen molar-refractivity contribution in [3.8, 4) is 11.5 Å². The highest BCUT2D eigenvalue weighted by molar-refractivity contribution is 5.91. The van der Waals surface area contributed by atoms with E-state index in [9.17, 15) is 4.79 Å². The van der Waals surface area contributed by atoms with Gasteiger partial charge >= 0.3 is 5.97 Å². The Balaban J connectivity index is 2.71. The van der Waals surface area contributed by atoms with E-state index in [2.05, 4.69) is 0 Å². The highest BCUT2D eigenvalue weighted by Gasteiger charge is 2.17. The van der Waals surface area contributed by atoms with Gasteiger partial charge in [0.2, 0.25) is 0 Å². The molecule has 5 heteroatoms. The zero-order chi connectivity index (χ0) is 14.9. The van der Waals surface area contributed by atoms with Crippen molar-refractivity contribution < 1.29 is 19.0 Å². The summed E-state index contributed by atoms with van der Waals surface area (Å²) in [6, 6.07) is 3.92. The number of benzene rings is 1. The number of carbonyl (C=O) groups excluding carboxylic acids is 1. The molecule has 5 nitrogen and oxygen atoms in total. The van der Waals surface area contributed by atoms with Crippen LogP contribution in [-0.2, 0) is 16.1 Å². The van der Waals surface area contributed by atoms with E-state index in [-0.39, 0.29) is 12.5 Å². The molecule has 1 aromatic heterocycles. The molecule has 0 amide bonds. The fraction of sp³-hybridized carbons (Fsp3) is 0.400. The lowest BCUT2D eigenvalue weighted by Gasteiger charge is -2.13. The predicted molar refractivity (Wildman–Crippen MR) is 76.5 cm³/mol. The van der Waals surface area contributed by atoms with E-state index in [0.29, 0.717) is 0 Å². The second-order valence-electron chi connectivity index (χ2n) is 4.62. The normalized spacial score (nSPS) is 10.7. The molecule has 0 fully saturated rings. The van der Waals surface area contributed by atoms with Crippen molar-refractivity contribution >= 4 is 16.9 Å². The zero-order valence-electron chi connectivity index (χ0n) is 12.4. The van der Waals surface area contributed by atoms with E-state index < -0.39 is 0 Å². The lowest BCUT2D eigenvalue weighted by Crippen LogP contribution is -2.12. The van der Waals surface area contributed by atoms with Crippen LogP contribution in [0.15, 0.2) is 12.1 Å². The Bertz CT molecular complexity index is 658. The molecule has 0 saturated carbocycles. The number of hydrogen-bond donors (Lipinski definition) is 0. The zero-order valence-corrected chi connectivity index (χ0v) is 12.4. The smallest absolute Gasteiger partial charge is 0.325 e. The maximum absolute atomic E-state index is 11.5. The molecule has 0 aliphatic heterocycles. The van der Waals surface area contributed by atoms with Gasteiger partial charge < -0.3 is 18.8 Å². The molecule has 0 radical (unpaired) electrons. The first-order valence-electron chi connectivity index (χ1n) is 6.31. The Hall–Kier alpha value is -2.17. The average Bonchev–Trinajstić information content (AvgIpc) is 2.74. The first-order valence-corrected chi connectivity index (χ1v) is 6.31. The van der Waals surface area contributed by atoms with Crippen LogP contribution >= 0.6 is 0 Å². The highest BCUT2D eigenvalue weighted by Crippen LogP contribution is 2.37. The molecular weight excluding hydrogens is 258 g/mol. The standard InChI is InChI=1S/C15H19NO4/c1-9-6-11-12(16(9)8-14(17)19-4)7-13(18-3)10(2)15(11)20-5/h6-7H,8H2,1-5H3. The van der Waals surface area contributed by atoms with Crippen molar-refractivity contribution in [3.05, 3.63) is 23.4 Å². The third-order valence-corrected chi connectivity index (χ3v) is 3.51. The minimum Gasteiger partial charge on any atom is -0.496 e. The van der Waals surface area contributed by atoms with Crippen LogP contribution < -0.4 is 9.47 Å². The predicted octanol–water partition coefficient (Wildman–Crippen LogP) is 2.45. The number of methoxy groups -OCH3 is 3. The number of carbonyl (C=O) groups is 1. The molecule has 20 heavy (non-hydrogen) atoms. The van der Waals surface area contributed by atoms with E-state index in [1.165, 1.54) is 7.11 Å². The van der Waals surface area contributed by atoms with Crippen LogP contribution in [0, 0.1) is 13.8 Å². The fourth-order valence-electron chi connectivity index (χ4n) is 2.46.